The van der Waals surface area contributed by atoms with Crippen molar-refractivity contribution in [3.63, 3.8) is 0 Å². The number of nitrogen functional groups attached to an aromatic ring is 1. The monoisotopic (exact) mass is 190 g/mol. The standard InChI is InChI=1S/C9H6N2OS/c10-3-5-1-7(12)9-6(11)4-13-8(9)2-5/h1-2,4,12H,11H2. The van der Waals surface area contributed by atoms with E-state index in [0.717, 1.165) is 4.70 Å². The van der Waals surface area contributed by atoms with Crippen molar-refractivity contribution in [1.29, 1.82) is 5.26 Å². The van der Waals surface area contributed by atoms with E-state index in [1.807, 2.05) is 6.07 Å². The molecule has 0 fully saturated rings. The number of aromatic hydroxyl groups is 1. The van der Waals surface area contributed by atoms with Gasteiger partial charge in [0, 0.05) is 10.1 Å². The Morgan fingerprint density at radius 2 is 2.23 bits per heavy atom. The van der Waals surface area contributed by atoms with Crippen molar-refractivity contribution in [3.8, 4) is 11.8 Å². The molecule has 64 valence electrons. The molecule has 0 saturated heterocycles. The van der Waals surface area contributed by atoms with E-state index in [1.54, 1.807) is 11.4 Å². The number of fused-ring (bicyclic) bond motifs is 1. The van der Waals surface area contributed by atoms with E-state index in [1.165, 1.54) is 17.4 Å². The first-order valence-corrected chi connectivity index (χ1v) is 4.50. The minimum Gasteiger partial charge on any atom is -0.507 e. The Bertz CT molecular complexity index is 510. The number of hydrogen-bond acceptors (Lipinski definition) is 4. The molecule has 3 nitrogen and oxygen atoms in total. The molecule has 3 N–H and O–H groups in total. The Balaban J connectivity index is 2.89. The number of nitrogens with zero attached hydrogens (tertiary/aromatic N) is 1. The number of rotatable bonds is 0. The number of phenolic OH excluding ortho intramolecular Hbond substituents is 1. The molecule has 0 unspecified atom stereocenters. The van der Waals surface area contributed by atoms with Gasteiger partial charge in [-0.2, -0.15) is 5.26 Å². The van der Waals surface area contributed by atoms with Crippen LogP contribution in [0.5, 0.6) is 5.75 Å². The van der Waals surface area contributed by atoms with Crippen molar-refractivity contribution in [2.75, 3.05) is 5.73 Å². The lowest BCUT2D eigenvalue weighted by atomic mass is 10.1. The van der Waals surface area contributed by atoms with Gasteiger partial charge in [0.25, 0.3) is 0 Å². The van der Waals surface area contributed by atoms with Crippen LogP contribution in [0.1, 0.15) is 5.56 Å². The highest BCUT2D eigenvalue weighted by molar-refractivity contribution is 7.17. The summed E-state index contributed by atoms with van der Waals surface area (Å²) in [5.41, 5.74) is 6.64. The normalized spacial score (nSPS) is 10.1. The fraction of sp³-hybridized carbons (Fsp3) is 0. The summed E-state index contributed by atoms with van der Waals surface area (Å²) in [5.74, 6) is 0.0767. The van der Waals surface area contributed by atoms with Crippen LogP contribution in [0, 0.1) is 11.3 Å². The van der Waals surface area contributed by atoms with Gasteiger partial charge < -0.3 is 10.8 Å². The van der Waals surface area contributed by atoms with E-state index in [-0.39, 0.29) is 5.75 Å². The van der Waals surface area contributed by atoms with E-state index in [9.17, 15) is 5.11 Å². The fourth-order valence-electron chi connectivity index (χ4n) is 1.23. The zero-order chi connectivity index (χ0) is 9.42. The zero-order valence-corrected chi connectivity index (χ0v) is 7.43. The second-order valence-electron chi connectivity index (χ2n) is 2.67. The number of nitriles is 1. The van der Waals surface area contributed by atoms with Gasteiger partial charge in [-0.05, 0) is 12.1 Å². The molecule has 4 heteroatoms. The summed E-state index contributed by atoms with van der Waals surface area (Å²) in [4.78, 5) is 0. The van der Waals surface area contributed by atoms with Crippen LogP contribution >= 0.6 is 11.3 Å². The number of nitrogens with two attached hydrogens (primary N) is 1. The molecule has 0 atom stereocenters. The Labute approximate surface area is 78.6 Å². The molecule has 0 amide bonds. The lowest BCUT2D eigenvalue weighted by Gasteiger charge is -1.96. The first-order valence-electron chi connectivity index (χ1n) is 3.62. The van der Waals surface area contributed by atoms with Crippen LogP contribution in [0.4, 0.5) is 5.69 Å². The topological polar surface area (TPSA) is 70.0 Å². The quantitative estimate of drug-likeness (QED) is 0.668. The summed E-state index contributed by atoms with van der Waals surface area (Å²) in [6.45, 7) is 0. The highest BCUT2D eigenvalue weighted by Gasteiger charge is 2.07. The summed E-state index contributed by atoms with van der Waals surface area (Å²) < 4.78 is 0.842. The molecule has 0 spiro atoms. The van der Waals surface area contributed by atoms with Gasteiger partial charge in [-0.15, -0.1) is 11.3 Å². The second-order valence-corrected chi connectivity index (χ2v) is 3.58. The number of benzene rings is 1. The molecule has 2 aromatic rings. The van der Waals surface area contributed by atoms with E-state index >= 15 is 0 Å². The summed E-state index contributed by atoms with van der Waals surface area (Å²) in [5, 5.41) is 20.6. The van der Waals surface area contributed by atoms with Crippen molar-refractivity contribution in [3.05, 3.63) is 23.1 Å². The first-order chi connectivity index (χ1) is 6.22. The number of thiophene rings is 1. The number of anilines is 1. The minimum absolute atomic E-state index is 0.0767. The van der Waals surface area contributed by atoms with Crippen molar-refractivity contribution < 1.29 is 5.11 Å². The van der Waals surface area contributed by atoms with Crippen LogP contribution in [0.3, 0.4) is 0 Å². The molecule has 0 aliphatic heterocycles. The largest absolute Gasteiger partial charge is 0.507 e. The van der Waals surface area contributed by atoms with Gasteiger partial charge in [-0.25, -0.2) is 0 Å². The summed E-state index contributed by atoms with van der Waals surface area (Å²) in [6.07, 6.45) is 0. The van der Waals surface area contributed by atoms with Crippen LogP contribution in [-0.4, -0.2) is 5.11 Å². The molecular weight excluding hydrogens is 184 g/mol. The van der Waals surface area contributed by atoms with Crippen molar-refractivity contribution >= 4 is 27.1 Å². The maximum atomic E-state index is 9.53. The van der Waals surface area contributed by atoms with Gasteiger partial charge in [0.05, 0.1) is 22.7 Å². The van der Waals surface area contributed by atoms with Gasteiger partial charge in [-0.1, -0.05) is 0 Å². The third-order valence-electron chi connectivity index (χ3n) is 1.81. The average molecular weight is 190 g/mol. The molecule has 1 aromatic carbocycles. The van der Waals surface area contributed by atoms with Gasteiger partial charge in [0.15, 0.2) is 0 Å². The zero-order valence-electron chi connectivity index (χ0n) is 6.61. The first kappa shape index (κ1) is 7.90. The van der Waals surface area contributed by atoms with Crippen molar-refractivity contribution in [2.24, 2.45) is 0 Å². The molecule has 2 rings (SSSR count). The van der Waals surface area contributed by atoms with E-state index in [0.29, 0.717) is 16.6 Å². The summed E-state index contributed by atoms with van der Waals surface area (Å²) in [7, 11) is 0. The third kappa shape index (κ3) is 1.10. The highest BCUT2D eigenvalue weighted by atomic mass is 32.1. The van der Waals surface area contributed by atoms with E-state index in [4.69, 9.17) is 11.0 Å². The van der Waals surface area contributed by atoms with Crippen LogP contribution < -0.4 is 5.73 Å². The number of hydrogen-bond donors (Lipinski definition) is 2. The smallest absolute Gasteiger partial charge is 0.127 e. The van der Waals surface area contributed by atoms with E-state index in [2.05, 4.69) is 0 Å². The molecule has 1 heterocycles. The average Bonchev–Trinajstić information content (AvgIpc) is 2.48. The van der Waals surface area contributed by atoms with Crippen molar-refractivity contribution in [1.82, 2.24) is 0 Å². The molecule has 1 aromatic heterocycles. The van der Waals surface area contributed by atoms with E-state index < -0.39 is 0 Å². The molecule has 0 aliphatic carbocycles. The molecule has 0 aliphatic rings. The maximum Gasteiger partial charge on any atom is 0.127 e. The predicted molar refractivity (Wildman–Crippen MR) is 52.6 cm³/mol. The molecular formula is C9H6N2OS. The lowest BCUT2D eigenvalue weighted by Crippen LogP contribution is -1.81. The Kier molecular flexibility index (Phi) is 1.61. The maximum absolute atomic E-state index is 9.53. The number of phenols is 1. The van der Waals surface area contributed by atoms with Crippen LogP contribution in [0.2, 0.25) is 0 Å². The Morgan fingerprint density at radius 1 is 1.46 bits per heavy atom. The minimum atomic E-state index is 0.0767. The van der Waals surface area contributed by atoms with Gasteiger partial charge >= 0.3 is 0 Å². The van der Waals surface area contributed by atoms with Gasteiger partial charge in [0.1, 0.15) is 5.75 Å². The van der Waals surface area contributed by atoms with Crippen LogP contribution in [-0.2, 0) is 0 Å². The Morgan fingerprint density at radius 3 is 2.92 bits per heavy atom. The highest BCUT2D eigenvalue weighted by Crippen LogP contribution is 2.35. The SMILES string of the molecule is N#Cc1cc(O)c2c(N)csc2c1. The molecule has 0 radical (unpaired) electrons. The Hall–Kier alpha value is -1.73. The predicted octanol–water partition coefficient (Wildman–Crippen LogP) is 2.06. The summed E-state index contributed by atoms with van der Waals surface area (Å²) >= 11 is 1.42. The van der Waals surface area contributed by atoms with Crippen LogP contribution in [0.15, 0.2) is 17.5 Å². The van der Waals surface area contributed by atoms with Crippen LogP contribution in [0.25, 0.3) is 10.1 Å². The van der Waals surface area contributed by atoms with Crippen molar-refractivity contribution in [2.45, 2.75) is 0 Å². The summed E-state index contributed by atoms with van der Waals surface area (Å²) in [6, 6.07) is 5.12. The molecule has 0 saturated carbocycles. The van der Waals surface area contributed by atoms with Gasteiger partial charge in [-0.3, -0.25) is 0 Å². The fourth-order valence-corrected chi connectivity index (χ4v) is 2.14. The third-order valence-corrected chi connectivity index (χ3v) is 2.76. The lowest BCUT2D eigenvalue weighted by molar-refractivity contribution is 0.482. The molecule has 0 bridgehead atoms. The van der Waals surface area contributed by atoms with Gasteiger partial charge in [0.2, 0.25) is 0 Å². The second kappa shape index (κ2) is 2.64. The molecule has 13 heavy (non-hydrogen) atoms.